The van der Waals surface area contributed by atoms with Gasteiger partial charge in [-0.3, -0.25) is 4.79 Å². The van der Waals surface area contributed by atoms with Crippen molar-refractivity contribution in [2.75, 3.05) is 34.4 Å². The van der Waals surface area contributed by atoms with E-state index >= 15 is 0 Å². The maximum atomic E-state index is 11.6. The largest absolute Gasteiger partial charge is 0.493 e. The quantitative estimate of drug-likeness (QED) is 0.771. The Kier molecular flexibility index (Phi) is 9.92. The molecule has 170 valence electrons. The summed E-state index contributed by atoms with van der Waals surface area (Å²) < 4.78 is 15.4. The van der Waals surface area contributed by atoms with E-state index in [-0.39, 0.29) is 11.8 Å². The number of likely N-dealkylation sites (N-methyl/N-ethyl adjacent to an activating group) is 1. The molecule has 30 heavy (non-hydrogen) atoms. The average Bonchev–Trinajstić information content (AvgIpc) is 2.63. The number of carbonyl (C=O) groups excluding carboxylic acids is 2. The molecule has 8 heteroatoms. The number of nitrogens with two attached hydrogens (primary N) is 2. The van der Waals surface area contributed by atoms with Gasteiger partial charge in [0.25, 0.3) is 0 Å². The Hall–Kier alpha value is -2.48. The molecule has 2 rings (SSSR count). The van der Waals surface area contributed by atoms with Gasteiger partial charge in [0.1, 0.15) is 5.60 Å². The highest BCUT2D eigenvalue weighted by Crippen LogP contribution is 2.32. The van der Waals surface area contributed by atoms with Crippen LogP contribution in [0.3, 0.4) is 0 Å². The van der Waals surface area contributed by atoms with Crippen molar-refractivity contribution >= 4 is 12.0 Å². The number of aryl methyl sites for hydroxylation is 1. The standard InChI is InChI=1S/C17H26N2O3.C5H11NO2/c1-19-8-7-13-10-16(22-3)15(21-2)9-12(13)5-4-6-14(11-19)17(18)20;1-5(2,3)8-4(6)7/h9-10,14H,4-8,11H2,1-3H3,(H2,18,20);1-3H3,(H2,6,7). The van der Waals surface area contributed by atoms with Crippen molar-refractivity contribution in [3.63, 3.8) is 0 Å². The number of carbonyl (C=O) groups is 2. The highest BCUT2D eigenvalue weighted by Gasteiger charge is 2.20. The summed E-state index contributed by atoms with van der Waals surface area (Å²) in [4.78, 5) is 23.7. The van der Waals surface area contributed by atoms with Crippen molar-refractivity contribution in [1.29, 1.82) is 0 Å². The molecule has 0 radical (unpaired) electrons. The van der Waals surface area contributed by atoms with Crippen LogP contribution in [-0.4, -0.2) is 56.9 Å². The number of nitrogens with zero attached hydrogens (tertiary/aromatic N) is 1. The summed E-state index contributed by atoms with van der Waals surface area (Å²) >= 11 is 0. The van der Waals surface area contributed by atoms with Crippen molar-refractivity contribution in [3.05, 3.63) is 23.3 Å². The van der Waals surface area contributed by atoms with Gasteiger partial charge in [-0.05, 0) is 76.8 Å². The highest BCUT2D eigenvalue weighted by molar-refractivity contribution is 5.76. The van der Waals surface area contributed by atoms with Crippen LogP contribution in [-0.2, 0) is 22.4 Å². The fourth-order valence-corrected chi connectivity index (χ4v) is 3.37. The van der Waals surface area contributed by atoms with E-state index < -0.39 is 11.7 Å². The molecule has 0 spiro atoms. The molecule has 1 aromatic carbocycles. The van der Waals surface area contributed by atoms with Gasteiger partial charge in [-0.15, -0.1) is 0 Å². The number of benzene rings is 1. The first kappa shape index (κ1) is 25.6. The fraction of sp³-hybridized carbons (Fsp3) is 0.636. The lowest BCUT2D eigenvalue weighted by Crippen LogP contribution is -2.35. The molecule has 0 saturated heterocycles. The zero-order chi connectivity index (χ0) is 22.9. The Morgan fingerprint density at radius 1 is 1.03 bits per heavy atom. The van der Waals surface area contributed by atoms with E-state index in [0.717, 1.165) is 50.3 Å². The molecule has 1 aliphatic rings. The van der Waals surface area contributed by atoms with Gasteiger partial charge < -0.3 is 30.6 Å². The third kappa shape index (κ3) is 8.90. The minimum absolute atomic E-state index is 0.0632. The number of hydrogen-bond donors (Lipinski definition) is 2. The first-order valence-corrected chi connectivity index (χ1v) is 10.2. The number of fused-ring (bicyclic) bond motifs is 1. The van der Waals surface area contributed by atoms with Gasteiger partial charge in [0.05, 0.1) is 20.1 Å². The lowest BCUT2D eigenvalue weighted by atomic mass is 9.93. The van der Waals surface area contributed by atoms with Crippen LogP contribution in [0.15, 0.2) is 12.1 Å². The van der Waals surface area contributed by atoms with E-state index in [1.807, 2.05) is 7.05 Å². The van der Waals surface area contributed by atoms with E-state index in [0.29, 0.717) is 0 Å². The van der Waals surface area contributed by atoms with E-state index in [1.165, 1.54) is 11.1 Å². The van der Waals surface area contributed by atoms with Gasteiger partial charge in [-0.1, -0.05) is 0 Å². The number of hydrogen-bond acceptors (Lipinski definition) is 6. The molecule has 0 bridgehead atoms. The number of rotatable bonds is 3. The van der Waals surface area contributed by atoms with Gasteiger partial charge in [0.15, 0.2) is 11.5 Å². The van der Waals surface area contributed by atoms with Crippen LogP contribution in [0, 0.1) is 5.92 Å². The molecule has 1 unspecified atom stereocenters. The summed E-state index contributed by atoms with van der Waals surface area (Å²) in [6, 6.07) is 4.14. The zero-order valence-electron chi connectivity index (χ0n) is 19.1. The van der Waals surface area contributed by atoms with Gasteiger partial charge in [-0.2, -0.15) is 0 Å². The molecule has 0 aromatic heterocycles. The average molecular weight is 424 g/mol. The first-order chi connectivity index (χ1) is 14.0. The minimum atomic E-state index is -0.725. The third-order valence-electron chi connectivity index (χ3n) is 4.81. The molecule has 1 aromatic rings. The maximum Gasteiger partial charge on any atom is 0.405 e. The molecule has 1 aliphatic heterocycles. The lowest BCUT2D eigenvalue weighted by molar-refractivity contribution is -0.122. The molecule has 0 aliphatic carbocycles. The van der Waals surface area contributed by atoms with E-state index in [4.69, 9.17) is 20.9 Å². The van der Waals surface area contributed by atoms with Crippen molar-refractivity contribution in [1.82, 2.24) is 4.90 Å². The summed E-state index contributed by atoms with van der Waals surface area (Å²) in [5, 5.41) is 0. The number of ether oxygens (including phenoxy) is 3. The first-order valence-electron chi connectivity index (χ1n) is 10.2. The van der Waals surface area contributed by atoms with E-state index in [2.05, 4.69) is 21.8 Å². The second-order valence-corrected chi connectivity index (χ2v) is 8.51. The smallest absolute Gasteiger partial charge is 0.405 e. The van der Waals surface area contributed by atoms with Crippen LogP contribution in [0.2, 0.25) is 0 Å². The maximum absolute atomic E-state index is 11.6. The molecule has 1 atom stereocenters. The van der Waals surface area contributed by atoms with Gasteiger partial charge in [-0.25, -0.2) is 4.79 Å². The number of amides is 2. The Bertz CT molecular complexity index is 715. The monoisotopic (exact) mass is 423 g/mol. The van der Waals surface area contributed by atoms with Gasteiger partial charge in [0, 0.05) is 13.1 Å². The summed E-state index contributed by atoms with van der Waals surface area (Å²) in [7, 11) is 5.35. The molecular weight excluding hydrogens is 386 g/mol. The van der Waals surface area contributed by atoms with Crippen LogP contribution in [0.25, 0.3) is 0 Å². The van der Waals surface area contributed by atoms with Crippen LogP contribution >= 0.6 is 0 Å². The fourth-order valence-electron chi connectivity index (χ4n) is 3.37. The lowest BCUT2D eigenvalue weighted by Gasteiger charge is -2.25. The Morgan fingerprint density at radius 2 is 1.57 bits per heavy atom. The second kappa shape index (κ2) is 11.6. The van der Waals surface area contributed by atoms with Crippen LogP contribution in [0.4, 0.5) is 4.79 Å². The Labute approximate surface area is 179 Å². The van der Waals surface area contributed by atoms with Crippen molar-refractivity contribution in [3.8, 4) is 11.5 Å². The van der Waals surface area contributed by atoms with E-state index in [1.54, 1.807) is 35.0 Å². The van der Waals surface area contributed by atoms with E-state index in [9.17, 15) is 9.59 Å². The molecule has 2 amide bonds. The number of methoxy groups -OCH3 is 2. The van der Waals surface area contributed by atoms with Crippen molar-refractivity contribution in [2.45, 2.75) is 52.1 Å². The second-order valence-electron chi connectivity index (χ2n) is 8.51. The van der Waals surface area contributed by atoms with Crippen molar-refractivity contribution in [2.24, 2.45) is 17.4 Å². The predicted molar refractivity (Wildman–Crippen MR) is 117 cm³/mol. The highest BCUT2D eigenvalue weighted by atomic mass is 16.6. The van der Waals surface area contributed by atoms with Gasteiger partial charge >= 0.3 is 6.09 Å². The molecule has 8 nitrogen and oxygen atoms in total. The molecule has 0 fully saturated rings. The summed E-state index contributed by atoms with van der Waals surface area (Å²) in [6.07, 6.45) is 2.91. The van der Waals surface area contributed by atoms with Crippen LogP contribution < -0.4 is 20.9 Å². The predicted octanol–water partition coefficient (Wildman–Crippen LogP) is 2.50. The van der Waals surface area contributed by atoms with Crippen LogP contribution in [0.5, 0.6) is 11.5 Å². The molecular formula is C22H37N3O5. The van der Waals surface area contributed by atoms with Crippen molar-refractivity contribution < 1.29 is 23.8 Å². The summed E-state index contributed by atoms with van der Waals surface area (Å²) in [5.74, 6) is 1.28. The third-order valence-corrected chi connectivity index (χ3v) is 4.81. The topological polar surface area (TPSA) is 117 Å². The summed E-state index contributed by atoms with van der Waals surface area (Å²) in [5.41, 5.74) is 12.3. The normalized spacial score (nSPS) is 17.6. The summed E-state index contributed by atoms with van der Waals surface area (Å²) in [6.45, 7) is 6.91. The Morgan fingerprint density at radius 3 is 1.97 bits per heavy atom. The SMILES string of the molecule is CC(C)(C)OC(N)=O.COc1cc2c(cc1OC)CCN(C)CC(C(N)=O)CCC2. The molecule has 0 saturated carbocycles. The molecule has 4 N–H and O–H groups in total. The Balaban J connectivity index is 0.000000479. The number of primary amides is 2. The molecule has 1 heterocycles. The van der Waals surface area contributed by atoms with Crippen LogP contribution in [0.1, 0.15) is 44.7 Å². The van der Waals surface area contributed by atoms with Gasteiger partial charge in [0.2, 0.25) is 5.91 Å². The zero-order valence-corrected chi connectivity index (χ0v) is 19.1. The minimum Gasteiger partial charge on any atom is -0.493 e.